The lowest BCUT2D eigenvalue weighted by Gasteiger charge is -2.33. The van der Waals surface area contributed by atoms with Crippen LogP contribution in [-0.2, 0) is 21.4 Å². The van der Waals surface area contributed by atoms with Crippen LogP contribution < -0.4 is 9.62 Å². The maximum Gasteiger partial charge on any atom is 0.232 e. The molecule has 0 saturated carbocycles. The van der Waals surface area contributed by atoms with Crippen molar-refractivity contribution in [1.82, 2.24) is 4.90 Å². The molecule has 2 aromatic carbocycles. The van der Waals surface area contributed by atoms with Crippen LogP contribution >= 0.6 is 0 Å². The molecule has 0 aliphatic carbocycles. The molecule has 0 aliphatic heterocycles. The molecule has 0 aromatic heterocycles. The highest BCUT2D eigenvalue weighted by Gasteiger charge is 2.25. The van der Waals surface area contributed by atoms with Gasteiger partial charge in [-0.15, -0.1) is 0 Å². The highest BCUT2D eigenvalue weighted by atomic mass is 32.2. The summed E-state index contributed by atoms with van der Waals surface area (Å²) in [7, 11) is 0.483. The fourth-order valence-electron chi connectivity index (χ4n) is 3.54. The van der Waals surface area contributed by atoms with Gasteiger partial charge in [-0.2, -0.15) is 0 Å². The summed E-state index contributed by atoms with van der Waals surface area (Å²) in [6.45, 7) is 8.03. The molecule has 6 nitrogen and oxygen atoms in total. The zero-order valence-electron chi connectivity index (χ0n) is 19.4. The van der Waals surface area contributed by atoms with Gasteiger partial charge in [-0.1, -0.05) is 51.1 Å². The second-order valence-electron chi connectivity index (χ2n) is 8.37. The largest absolute Gasteiger partial charge is 0.377 e. The fourth-order valence-corrected chi connectivity index (χ4v) is 4.67. The van der Waals surface area contributed by atoms with Gasteiger partial charge < -0.3 is 9.80 Å². The van der Waals surface area contributed by atoms with E-state index in [-0.39, 0.29) is 23.6 Å². The maximum absolute atomic E-state index is 13.1. The second kappa shape index (κ2) is 10.7. The number of sulfonamides is 1. The van der Waals surface area contributed by atoms with Gasteiger partial charge in [0.25, 0.3) is 0 Å². The van der Waals surface area contributed by atoms with Crippen LogP contribution in [0.3, 0.4) is 0 Å². The summed E-state index contributed by atoms with van der Waals surface area (Å²) in [4.78, 5) is 17.0. The van der Waals surface area contributed by atoms with E-state index in [0.29, 0.717) is 18.7 Å². The van der Waals surface area contributed by atoms with Gasteiger partial charge in [0, 0.05) is 37.9 Å². The first-order valence-corrected chi connectivity index (χ1v) is 12.4. The fraction of sp³-hybridized carbons (Fsp3) is 0.458. The van der Waals surface area contributed by atoms with E-state index in [1.54, 1.807) is 6.07 Å². The van der Waals surface area contributed by atoms with Crippen LogP contribution in [0.4, 0.5) is 11.4 Å². The molecular formula is C24H35N3O3S. The van der Waals surface area contributed by atoms with Gasteiger partial charge in [0.2, 0.25) is 15.9 Å². The van der Waals surface area contributed by atoms with E-state index < -0.39 is 10.0 Å². The predicted octanol–water partition coefficient (Wildman–Crippen LogP) is 4.65. The van der Waals surface area contributed by atoms with Crippen molar-refractivity contribution in [2.75, 3.05) is 29.5 Å². The lowest BCUT2D eigenvalue weighted by atomic mass is 10.0. The zero-order chi connectivity index (χ0) is 23.2. The summed E-state index contributed by atoms with van der Waals surface area (Å²) < 4.78 is 27.2. The van der Waals surface area contributed by atoms with E-state index in [2.05, 4.69) is 4.72 Å². The summed E-state index contributed by atoms with van der Waals surface area (Å²) >= 11 is 0. The van der Waals surface area contributed by atoms with Gasteiger partial charge in [0.15, 0.2) is 0 Å². The molecule has 0 bridgehead atoms. The predicted molar refractivity (Wildman–Crippen MR) is 129 cm³/mol. The smallest absolute Gasteiger partial charge is 0.232 e. The molecular weight excluding hydrogens is 410 g/mol. The van der Waals surface area contributed by atoms with Gasteiger partial charge in [-0.25, -0.2) is 8.42 Å². The standard InChI is InChI=1S/C24H35N3O3S/c1-7-15-31(29,30)25-22-13-14-23(26(5)6)21(16-22)17-27(24(28)18(2)3)19(4)20-11-9-8-10-12-20/h8-14,16,18-19,25H,7,15,17H2,1-6H3. The number of anilines is 2. The molecule has 0 heterocycles. The number of nitrogens with one attached hydrogen (secondary N) is 1. The van der Waals surface area contributed by atoms with Crippen LogP contribution in [0.1, 0.15) is 51.3 Å². The number of benzene rings is 2. The minimum absolute atomic E-state index is 0.0537. The first-order chi connectivity index (χ1) is 14.6. The van der Waals surface area contributed by atoms with E-state index in [0.717, 1.165) is 16.8 Å². The van der Waals surface area contributed by atoms with Crippen molar-refractivity contribution in [3.8, 4) is 0 Å². The minimum atomic E-state index is -3.40. The zero-order valence-corrected chi connectivity index (χ0v) is 20.2. The Labute approximate surface area is 187 Å². The second-order valence-corrected chi connectivity index (χ2v) is 10.2. The topological polar surface area (TPSA) is 69.7 Å². The molecule has 170 valence electrons. The molecule has 31 heavy (non-hydrogen) atoms. The third kappa shape index (κ3) is 6.72. The van der Waals surface area contributed by atoms with Crippen molar-refractivity contribution < 1.29 is 13.2 Å². The molecule has 1 N–H and O–H groups in total. The number of hydrogen-bond acceptors (Lipinski definition) is 4. The Morgan fingerprint density at radius 1 is 1.03 bits per heavy atom. The van der Waals surface area contributed by atoms with Crippen molar-refractivity contribution in [2.24, 2.45) is 5.92 Å². The van der Waals surface area contributed by atoms with E-state index in [4.69, 9.17) is 0 Å². The third-order valence-electron chi connectivity index (χ3n) is 5.17. The molecule has 0 fully saturated rings. The van der Waals surface area contributed by atoms with Crippen molar-refractivity contribution in [1.29, 1.82) is 0 Å². The van der Waals surface area contributed by atoms with Crippen LogP contribution in [0, 0.1) is 5.92 Å². The summed E-state index contributed by atoms with van der Waals surface area (Å²) in [5.74, 6) is -0.0287. The Balaban J connectivity index is 2.46. The molecule has 0 saturated heterocycles. The Morgan fingerprint density at radius 2 is 1.68 bits per heavy atom. The first-order valence-electron chi connectivity index (χ1n) is 10.7. The number of carbonyl (C=O) groups is 1. The van der Waals surface area contributed by atoms with Crippen LogP contribution in [0.15, 0.2) is 48.5 Å². The minimum Gasteiger partial charge on any atom is -0.377 e. The number of hydrogen-bond donors (Lipinski definition) is 1. The van der Waals surface area contributed by atoms with Crippen molar-refractivity contribution in [2.45, 2.75) is 46.7 Å². The van der Waals surface area contributed by atoms with Crippen LogP contribution in [0.2, 0.25) is 0 Å². The third-order valence-corrected chi connectivity index (χ3v) is 6.67. The first kappa shape index (κ1) is 24.7. The number of nitrogens with zero attached hydrogens (tertiary/aromatic N) is 2. The maximum atomic E-state index is 13.1. The molecule has 1 unspecified atom stereocenters. The normalized spacial score (nSPS) is 12.5. The number of rotatable bonds is 10. The molecule has 0 spiro atoms. The van der Waals surface area contributed by atoms with Gasteiger partial charge in [-0.05, 0) is 42.7 Å². The summed E-state index contributed by atoms with van der Waals surface area (Å²) in [6, 6.07) is 15.3. The summed E-state index contributed by atoms with van der Waals surface area (Å²) in [5.41, 5.74) is 3.40. The highest BCUT2D eigenvalue weighted by molar-refractivity contribution is 7.92. The molecule has 7 heteroatoms. The monoisotopic (exact) mass is 445 g/mol. The molecule has 0 aliphatic rings. The highest BCUT2D eigenvalue weighted by Crippen LogP contribution is 2.30. The molecule has 1 amide bonds. The van der Waals surface area contributed by atoms with Gasteiger partial charge in [0.1, 0.15) is 0 Å². The van der Waals surface area contributed by atoms with Crippen LogP contribution in [0.25, 0.3) is 0 Å². The molecule has 2 rings (SSSR count). The summed E-state index contributed by atoms with van der Waals surface area (Å²) in [6.07, 6.45) is 0.545. The lowest BCUT2D eigenvalue weighted by Crippen LogP contribution is -2.36. The molecule has 2 aromatic rings. The SMILES string of the molecule is CCCS(=O)(=O)Nc1ccc(N(C)C)c(CN(C(=O)C(C)C)C(C)c2ccccc2)c1. The van der Waals surface area contributed by atoms with E-state index in [9.17, 15) is 13.2 Å². The Hall–Kier alpha value is -2.54. The average Bonchev–Trinajstić information content (AvgIpc) is 2.71. The van der Waals surface area contributed by atoms with E-state index in [1.807, 2.05) is 94.1 Å². The Kier molecular flexibility index (Phi) is 8.51. The quantitative estimate of drug-likeness (QED) is 0.578. The van der Waals surface area contributed by atoms with Crippen LogP contribution in [0.5, 0.6) is 0 Å². The number of carbonyl (C=O) groups excluding carboxylic acids is 1. The van der Waals surface area contributed by atoms with Gasteiger partial charge >= 0.3 is 0 Å². The van der Waals surface area contributed by atoms with E-state index in [1.165, 1.54) is 0 Å². The van der Waals surface area contributed by atoms with Crippen molar-refractivity contribution >= 4 is 27.3 Å². The molecule has 1 atom stereocenters. The van der Waals surface area contributed by atoms with Gasteiger partial charge in [0.05, 0.1) is 11.8 Å². The Bertz CT molecular complexity index is 973. The average molecular weight is 446 g/mol. The van der Waals surface area contributed by atoms with E-state index >= 15 is 0 Å². The van der Waals surface area contributed by atoms with Crippen LogP contribution in [-0.4, -0.2) is 39.1 Å². The van der Waals surface area contributed by atoms with Crippen molar-refractivity contribution in [3.63, 3.8) is 0 Å². The number of amides is 1. The summed E-state index contributed by atoms with van der Waals surface area (Å²) in [5, 5.41) is 0. The van der Waals surface area contributed by atoms with Crippen molar-refractivity contribution in [3.05, 3.63) is 59.7 Å². The lowest BCUT2D eigenvalue weighted by molar-refractivity contribution is -0.137. The molecule has 0 radical (unpaired) electrons. The van der Waals surface area contributed by atoms with Gasteiger partial charge in [-0.3, -0.25) is 9.52 Å². The Morgan fingerprint density at radius 3 is 2.23 bits per heavy atom.